The number of rotatable bonds is 3. The number of hydrogen-bond donors (Lipinski definition) is 2. The molecule has 0 heterocycles. The zero-order valence-electron chi connectivity index (χ0n) is 9.51. The van der Waals surface area contributed by atoms with E-state index in [1.807, 2.05) is 36.4 Å². The number of carboxylic acid groups (broad SMARTS) is 1. The number of carboxylic acids is 1. The second-order valence-electron chi connectivity index (χ2n) is 3.94. The van der Waals surface area contributed by atoms with Crippen LogP contribution in [-0.2, 0) is 4.79 Å². The van der Waals surface area contributed by atoms with Gasteiger partial charge in [-0.1, -0.05) is 48.0 Å². The zero-order valence-corrected chi connectivity index (χ0v) is 10.3. The van der Waals surface area contributed by atoms with Crippen LogP contribution in [0.2, 0.25) is 5.02 Å². The third-order valence-electron chi connectivity index (χ3n) is 2.71. The van der Waals surface area contributed by atoms with E-state index in [1.165, 1.54) is 0 Å². The summed E-state index contributed by atoms with van der Waals surface area (Å²) >= 11 is 5.82. The molecule has 0 amide bonds. The SMILES string of the molecule is NC(C(=O)O)c1ccc(-c2ccc(Cl)cc2)cc1. The van der Waals surface area contributed by atoms with Crippen molar-refractivity contribution in [3.05, 3.63) is 59.1 Å². The number of carbonyl (C=O) groups is 1. The minimum Gasteiger partial charge on any atom is -0.480 e. The van der Waals surface area contributed by atoms with Crippen LogP contribution in [0.5, 0.6) is 0 Å². The lowest BCUT2D eigenvalue weighted by Crippen LogP contribution is -2.20. The van der Waals surface area contributed by atoms with Gasteiger partial charge in [0, 0.05) is 5.02 Å². The van der Waals surface area contributed by atoms with Crippen molar-refractivity contribution in [1.82, 2.24) is 0 Å². The summed E-state index contributed by atoms with van der Waals surface area (Å²) in [5.41, 5.74) is 8.13. The Bertz CT molecular complexity index is 549. The summed E-state index contributed by atoms with van der Waals surface area (Å²) in [6.45, 7) is 0. The number of aliphatic carboxylic acids is 1. The monoisotopic (exact) mass is 261 g/mol. The van der Waals surface area contributed by atoms with Gasteiger partial charge in [-0.3, -0.25) is 4.79 Å². The molecular weight excluding hydrogens is 250 g/mol. The van der Waals surface area contributed by atoms with Gasteiger partial charge >= 0.3 is 5.97 Å². The van der Waals surface area contributed by atoms with Crippen LogP contribution in [-0.4, -0.2) is 11.1 Å². The van der Waals surface area contributed by atoms with Crippen molar-refractivity contribution in [1.29, 1.82) is 0 Å². The second-order valence-corrected chi connectivity index (χ2v) is 4.38. The first-order valence-electron chi connectivity index (χ1n) is 5.42. The highest BCUT2D eigenvalue weighted by Crippen LogP contribution is 2.23. The first-order valence-corrected chi connectivity index (χ1v) is 5.80. The summed E-state index contributed by atoms with van der Waals surface area (Å²) in [6, 6.07) is 13.6. The molecule has 0 aliphatic rings. The molecule has 0 fully saturated rings. The largest absolute Gasteiger partial charge is 0.480 e. The van der Waals surface area contributed by atoms with Gasteiger partial charge in [-0.15, -0.1) is 0 Å². The molecule has 1 atom stereocenters. The van der Waals surface area contributed by atoms with Crippen molar-refractivity contribution in [2.45, 2.75) is 6.04 Å². The summed E-state index contributed by atoms with van der Waals surface area (Å²) in [7, 11) is 0. The van der Waals surface area contributed by atoms with Crippen LogP contribution >= 0.6 is 11.6 Å². The molecule has 3 nitrogen and oxygen atoms in total. The molecular formula is C14H12ClNO2. The minimum absolute atomic E-state index is 0.584. The molecule has 2 aromatic carbocycles. The first kappa shape index (κ1) is 12.6. The van der Waals surface area contributed by atoms with E-state index in [9.17, 15) is 4.79 Å². The highest BCUT2D eigenvalue weighted by molar-refractivity contribution is 6.30. The number of nitrogens with two attached hydrogens (primary N) is 1. The fraction of sp³-hybridized carbons (Fsp3) is 0.0714. The average Bonchev–Trinajstić information content (AvgIpc) is 2.39. The summed E-state index contributed by atoms with van der Waals surface area (Å²) in [4.78, 5) is 10.8. The predicted molar refractivity (Wildman–Crippen MR) is 71.5 cm³/mol. The zero-order chi connectivity index (χ0) is 13.1. The Labute approximate surface area is 110 Å². The van der Waals surface area contributed by atoms with Crippen LogP contribution in [0.1, 0.15) is 11.6 Å². The Hall–Kier alpha value is -1.84. The van der Waals surface area contributed by atoms with Crippen molar-refractivity contribution < 1.29 is 9.90 Å². The molecule has 2 aromatic rings. The van der Waals surface area contributed by atoms with Crippen molar-refractivity contribution in [3.63, 3.8) is 0 Å². The quantitative estimate of drug-likeness (QED) is 0.892. The van der Waals surface area contributed by atoms with Crippen LogP contribution in [0.15, 0.2) is 48.5 Å². The predicted octanol–water partition coefficient (Wildman–Crippen LogP) is 3.09. The summed E-state index contributed by atoms with van der Waals surface area (Å²) in [6.07, 6.45) is 0. The van der Waals surface area contributed by atoms with Crippen LogP contribution in [0.3, 0.4) is 0 Å². The average molecular weight is 262 g/mol. The van der Waals surface area contributed by atoms with E-state index in [1.54, 1.807) is 12.1 Å². The number of hydrogen-bond acceptors (Lipinski definition) is 2. The molecule has 18 heavy (non-hydrogen) atoms. The van der Waals surface area contributed by atoms with Gasteiger partial charge in [0.1, 0.15) is 6.04 Å². The Morgan fingerprint density at radius 3 is 1.89 bits per heavy atom. The lowest BCUT2D eigenvalue weighted by atomic mass is 10.0. The third-order valence-corrected chi connectivity index (χ3v) is 2.97. The maximum absolute atomic E-state index is 10.8. The molecule has 1 unspecified atom stereocenters. The number of halogens is 1. The normalized spacial score (nSPS) is 12.1. The molecule has 0 radical (unpaired) electrons. The molecule has 0 saturated heterocycles. The molecule has 2 rings (SSSR count). The van der Waals surface area contributed by atoms with Gasteiger partial charge in [-0.2, -0.15) is 0 Å². The van der Waals surface area contributed by atoms with E-state index in [0.29, 0.717) is 10.6 Å². The molecule has 0 saturated carbocycles. The van der Waals surface area contributed by atoms with E-state index in [0.717, 1.165) is 11.1 Å². The van der Waals surface area contributed by atoms with Gasteiger partial charge in [0.2, 0.25) is 0 Å². The van der Waals surface area contributed by atoms with E-state index in [4.69, 9.17) is 22.4 Å². The van der Waals surface area contributed by atoms with Gasteiger partial charge in [0.25, 0.3) is 0 Å². The summed E-state index contributed by atoms with van der Waals surface area (Å²) < 4.78 is 0. The molecule has 92 valence electrons. The fourth-order valence-corrected chi connectivity index (χ4v) is 1.79. The highest BCUT2D eigenvalue weighted by atomic mass is 35.5. The van der Waals surface area contributed by atoms with Crippen molar-refractivity contribution in [2.75, 3.05) is 0 Å². The molecule has 4 heteroatoms. The maximum Gasteiger partial charge on any atom is 0.325 e. The van der Waals surface area contributed by atoms with Crippen LogP contribution in [0.25, 0.3) is 11.1 Å². The molecule has 0 aliphatic carbocycles. The van der Waals surface area contributed by atoms with Gasteiger partial charge in [-0.05, 0) is 28.8 Å². The van der Waals surface area contributed by atoms with Crippen molar-refractivity contribution >= 4 is 17.6 Å². The molecule has 0 bridgehead atoms. The lowest BCUT2D eigenvalue weighted by molar-refractivity contribution is -0.138. The van der Waals surface area contributed by atoms with Gasteiger partial charge in [0.15, 0.2) is 0 Å². The maximum atomic E-state index is 10.8. The van der Waals surface area contributed by atoms with E-state index in [2.05, 4.69) is 0 Å². The van der Waals surface area contributed by atoms with Crippen LogP contribution in [0, 0.1) is 0 Å². The topological polar surface area (TPSA) is 63.3 Å². The Morgan fingerprint density at radius 2 is 1.44 bits per heavy atom. The molecule has 0 spiro atoms. The van der Waals surface area contributed by atoms with Crippen LogP contribution < -0.4 is 5.73 Å². The van der Waals surface area contributed by atoms with E-state index < -0.39 is 12.0 Å². The van der Waals surface area contributed by atoms with Gasteiger partial charge in [0.05, 0.1) is 0 Å². The molecule has 0 aliphatic heterocycles. The summed E-state index contributed by atoms with van der Waals surface area (Å²) in [5.74, 6) is -1.03. The van der Waals surface area contributed by atoms with Crippen molar-refractivity contribution in [2.24, 2.45) is 5.73 Å². The second kappa shape index (κ2) is 5.21. The number of benzene rings is 2. The van der Waals surface area contributed by atoms with Crippen molar-refractivity contribution in [3.8, 4) is 11.1 Å². The Kier molecular flexibility index (Phi) is 3.65. The Balaban J connectivity index is 2.27. The summed E-state index contributed by atoms with van der Waals surface area (Å²) in [5, 5.41) is 9.50. The Morgan fingerprint density at radius 1 is 1.00 bits per heavy atom. The third kappa shape index (κ3) is 2.70. The smallest absolute Gasteiger partial charge is 0.325 e. The lowest BCUT2D eigenvalue weighted by Gasteiger charge is -2.08. The molecule has 3 N–H and O–H groups in total. The van der Waals surface area contributed by atoms with E-state index in [-0.39, 0.29) is 0 Å². The minimum atomic E-state index is -1.03. The standard InChI is InChI=1S/C14H12ClNO2/c15-12-7-5-10(6-8-12)9-1-3-11(4-2-9)13(16)14(17)18/h1-8,13H,16H2,(H,17,18). The van der Waals surface area contributed by atoms with Gasteiger partial charge in [-0.25, -0.2) is 0 Å². The van der Waals surface area contributed by atoms with E-state index >= 15 is 0 Å². The highest BCUT2D eigenvalue weighted by Gasteiger charge is 2.13. The van der Waals surface area contributed by atoms with Crippen LogP contribution in [0.4, 0.5) is 0 Å². The fourth-order valence-electron chi connectivity index (χ4n) is 1.67. The molecule has 0 aromatic heterocycles. The first-order chi connectivity index (χ1) is 8.58. The van der Waals surface area contributed by atoms with Gasteiger partial charge < -0.3 is 10.8 Å².